The first kappa shape index (κ1) is 27.7. The van der Waals surface area contributed by atoms with Crippen molar-refractivity contribution in [3.63, 3.8) is 0 Å². The molecule has 4 nitrogen and oxygen atoms in total. The molecule has 0 N–H and O–H groups in total. The molecule has 9 aromatic rings. The number of nitrogens with zero attached hydrogens (tertiary/aromatic N) is 3. The van der Waals surface area contributed by atoms with E-state index < -0.39 is 0 Å². The van der Waals surface area contributed by atoms with Crippen molar-refractivity contribution in [3.05, 3.63) is 169 Å². The standard InChI is InChI=1S/C45H29N3O/c1-2-13-31(14-3-1)43-46-44(36-19-10-15-28-11-4-6-16-33(28)36)48-45(47-43)42-35(25-26-40-41(42)37-18-8-9-20-39(37)49-40)32-24-23-30-22-21-29-12-5-7-17-34(29)38(30)27-32/h1-9,11-14,16-27H,10,15H2. The van der Waals surface area contributed by atoms with E-state index in [0.717, 1.165) is 62.6 Å². The van der Waals surface area contributed by atoms with Crippen LogP contribution in [0.15, 0.2) is 156 Å². The zero-order chi connectivity index (χ0) is 32.3. The van der Waals surface area contributed by atoms with Crippen LogP contribution in [0, 0.1) is 0 Å². The summed E-state index contributed by atoms with van der Waals surface area (Å²) in [6, 6.07) is 51.0. The van der Waals surface area contributed by atoms with Gasteiger partial charge in [0.25, 0.3) is 0 Å². The fourth-order valence-corrected chi connectivity index (χ4v) is 7.48. The third kappa shape index (κ3) is 4.56. The molecule has 0 atom stereocenters. The first-order valence-electron chi connectivity index (χ1n) is 16.8. The Hall–Kier alpha value is -6.39. The second-order valence-electron chi connectivity index (χ2n) is 12.7. The number of rotatable bonds is 4. The van der Waals surface area contributed by atoms with Crippen LogP contribution < -0.4 is 0 Å². The van der Waals surface area contributed by atoms with E-state index in [1.54, 1.807) is 0 Å². The quantitative estimate of drug-likeness (QED) is 0.182. The average molecular weight is 628 g/mol. The molecule has 0 amide bonds. The topological polar surface area (TPSA) is 51.8 Å². The third-order valence-electron chi connectivity index (χ3n) is 9.80. The Kier molecular flexibility index (Phi) is 6.28. The van der Waals surface area contributed by atoms with Crippen molar-refractivity contribution < 1.29 is 4.42 Å². The molecule has 0 bridgehead atoms. The lowest BCUT2D eigenvalue weighted by atomic mass is 9.90. The summed E-state index contributed by atoms with van der Waals surface area (Å²) in [4.78, 5) is 15.8. The maximum atomic E-state index is 6.46. The van der Waals surface area contributed by atoms with Crippen LogP contribution in [0.3, 0.4) is 0 Å². The van der Waals surface area contributed by atoms with E-state index in [-0.39, 0.29) is 0 Å². The minimum Gasteiger partial charge on any atom is -0.456 e. The molecule has 0 unspecified atom stereocenters. The molecule has 7 aromatic carbocycles. The van der Waals surface area contributed by atoms with Gasteiger partial charge < -0.3 is 4.42 Å². The van der Waals surface area contributed by atoms with E-state index in [1.807, 2.05) is 30.3 Å². The Labute approximate surface area is 283 Å². The Bertz CT molecular complexity index is 2780. The van der Waals surface area contributed by atoms with Crippen LogP contribution in [-0.2, 0) is 6.42 Å². The van der Waals surface area contributed by atoms with E-state index >= 15 is 0 Å². The van der Waals surface area contributed by atoms with Crippen LogP contribution >= 0.6 is 0 Å². The SMILES string of the molecule is C1=C(c2nc(-c3ccccc3)nc(-c3c(-c4ccc5ccc6ccccc6c5c4)ccc4oc5ccccc5c34)n2)c2ccccc2CC1. The lowest BCUT2D eigenvalue weighted by Crippen LogP contribution is -2.08. The monoisotopic (exact) mass is 627 g/mol. The highest BCUT2D eigenvalue weighted by Gasteiger charge is 2.24. The number of aryl methyl sites for hydroxylation is 1. The summed E-state index contributed by atoms with van der Waals surface area (Å²) in [5, 5.41) is 6.90. The zero-order valence-corrected chi connectivity index (χ0v) is 26.6. The second-order valence-corrected chi connectivity index (χ2v) is 12.7. The largest absolute Gasteiger partial charge is 0.456 e. The average Bonchev–Trinajstić information content (AvgIpc) is 3.56. The predicted octanol–water partition coefficient (Wildman–Crippen LogP) is 11.5. The summed E-state index contributed by atoms with van der Waals surface area (Å²) in [6.07, 6.45) is 4.22. The van der Waals surface area contributed by atoms with Gasteiger partial charge in [-0.25, -0.2) is 15.0 Å². The Morgan fingerprint density at radius 3 is 2.10 bits per heavy atom. The highest BCUT2D eigenvalue weighted by molar-refractivity contribution is 6.16. The molecule has 0 aliphatic heterocycles. The van der Waals surface area contributed by atoms with E-state index in [4.69, 9.17) is 19.4 Å². The highest BCUT2D eigenvalue weighted by Crippen LogP contribution is 2.43. The van der Waals surface area contributed by atoms with Gasteiger partial charge in [-0.05, 0) is 80.9 Å². The van der Waals surface area contributed by atoms with Crippen molar-refractivity contribution in [3.8, 4) is 33.9 Å². The molecule has 0 saturated carbocycles. The Balaban J connectivity index is 1.30. The highest BCUT2D eigenvalue weighted by atomic mass is 16.3. The van der Waals surface area contributed by atoms with Gasteiger partial charge in [0.2, 0.25) is 0 Å². The van der Waals surface area contributed by atoms with Crippen LogP contribution in [0.5, 0.6) is 0 Å². The van der Waals surface area contributed by atoms with E-state index in [1.165, 1.54) is 32.7 Å². The molecule has 230 valence electrons. The zero-order valence-electron chi connectivity index (χ0n) is 26.6. The lowest BCUT2D eigenvalue weighted by molar-refractivity contribution is 0.669. The molecule has 1 aliphatic carbocycles. The van der Waals surface area contributed by atoms with Crippen LogP contribution in [-0.4, -0.2) is 15.0 Å². The summed E-state index contributed by atoms with van der Waals surface area (Å²) < 4.78 is 6.46. The van der Waals surface area contributed by atoms with Gasteiger partial charge in [-0.3, -0.25) is 0 Å². The molecule has 10 rings (SSSR count). The summed E-state index contributed by atoms with van der Waals surface area (Å²) in [5.74, 6) is 1.94. The molecule has 0 saturated heterocycles. The number of hydrogen-bond acceptors (Lipinski definition) is 4. The van der Waals surface area contributed by atoms with Gasteiger partial charge >= 0.3 is 0 Å². The summed E-state index contributed by atoms with van der Waals surface area (Å²) in [6.45, 7) is 0. The van der Waals surface area contributed by atoms with Gasteiger partial charge in [0.15, 0.2) is 17.5 Å². The van der Waals surface area contributed by atoms with Gasteiger partial charge in [0.05, 0.1) is 0 Å². The van der Waals surface area contributed by atoms with E-state index in [0.29, 0.717) is 17.5 Å². The number of furan rings is 1. The number of para-hydroxylation sites is 1. The smallest absolute Gasteiger partial charge is 0.165 e. The van der Waals surface area contributed by atoms with Gasteiger partial charge in [-0.1, -0.05) is 127 Å². The fraction of sp³-hybridized carbons (Fsp3) is 0.0444. The summed E-state index contributed by atoms with van der Waals surface area (Å²) >= 11 is 0. The van der Waals surface area contributed by atoms with Crippen LogP contribution in [0.2, 0.25) is 0 Å². The van der Waals surface area contributed by atoms with Gasteiger partial charge in [-0.15, -0.1) is 0 Å². The van der Waals surface area contributed by atoms with Crippen LogP contribution in [0.4, 0.5) is 0 Å². The fourth-order valence-electron chi connectivity index (χ4n) is 7.48. The third-order valence-corrected chi connectivity index (χ3v) is 9.80. The number of benzene rings is 7. The summed E-state index contributed by atoms with van der Waals surface area (Å²) in [5.41, 5.74) is 9.20. The number of allylic oxidation sites excluding steroid dienone is 1. The Morgan fingerprint density at radius 2 is 1.18 bits per heavy atom. The van der Waals surface area contributed by atoms with Crippen molar-refractivity contribution >= 4 is 49.1 Å². The molecule has 49 heavy (non-hydrogen) atoms. The van der Waals surface area contributed by atoms with Gasteiger partial charge in [0, 0.05) is 27.5 Å². The number of aromatic nitrogens is 3. The first-order valence-corrected chi connectivity index (χ1v) is 16.8. The molecule has 0 radical (unpaired) electrons. The molecular formula is C45H29N3O. The molecule has 0 fully saturated rings. The maximum absolute atomic E-state index is 6.46. The predicted molar refractivity (Wildman–Crippen MR) is 200 cm³/mol. The second kappa shape index (κ2) is 11.1. The molecule has 2 aromatic heterocycles. The Morgan fingerprint density at radius 1 is 0.469 bits per heavy atom. The molecule has 0 spiro atoms. The van der Waals surface area contributed by atoms with Crippen LogP contribution in [0.25, 0.3) is 83.0 Å². The van der Waals surface area contributed by atoms with Crippen LogP contribution in [0.1, 0.15) is 23.4 Å². The van der Waals surface area contributed by atoms with Crippen molar-refractivity contribution in [2.45, 2.75) is 12.8 Å². The van der Waals surface area contributed by atoms with Gasteiger partial charge in [-0.2, -0.15) is 0 Å². The van der Waals surface area contributed by atoms with Crippen molar-refractivity contribution in [2.75, 3.05) is 0 Å². The van der Waals surface area contributed by atoms with Crippen molar-refractivity contribution in [2.24, 2.45) is 0 Å². The first-order chi connectivity index (χ1) is 24.3. The molecular weight excluding hydrogens is 599 g/mol. The van der Waals surface area contributed by atoms with Gasteiger partial charge in [0.1, 0.15) is 11.2 Å². The molecule has 1 aliphatic rings. The van der Waals surface area contributed by atoms with Crippen molar-refractivity contribution in [1.29, 1.82) is 0 Å². The molecule has 2 heterocycles. The minimum atomic E-state index is 0.623. The van der Waals surface area contributed by atoms with Crippen molar-refractivity contribution in [1.82, 2.24) is 15.0 Å². The summed E-state index contributed by atoms with van der Waals surface area (Å²) in [7, 11) is 0. The minimum absolute atomic E-state index is 0.623. The van der Waals surface area contributed by atoms with E-state index in [2.05, 4.69) is 121 Å². The maximum Gasteiger partial charge on any atom is 0.165 e. The number of fused-ring (bicyclic) bond motifs is 7. The number of hydrogen-bond donors (Lipinski definition) is 0. The molecule has 4 heteroatoms. The lowest BCUT2D eigenvalue weighted by Gasteiger charge is -2.18. The normalized spacial score (nSPS) is 12.9. The van der Waals surface area contributed by atoms with E-state index in [9.17, 15) is 0 Å².